The first kappa shape index (κ1) is 13.9. The zero-order chi connectivity index (χ0) is 13.9. The molecule has 0 aliphatic heterocycles. The van der Waals surface area contributed by atoms with Crippen molar-refractivity contribution < 1.29 is 4.79 Å². The lowest BCUT2D eigenvalue weighted by Crippen LogP contribution is -2.38. The van der Waals surface area contributed by atoms with Gasteiger partial charge >= 0.3 is 6.03 Å². The summed E-state index contributed by atoms with van der Waals surface area (Å²) in [7, 11) is 0. The maximum absolute atomic E-state index is 10.7. The molecule has 0 radical (unpaired) electrons. The third kappa shape index (κ3) is 3.70. The van der Waals surface area contributed by atoms with Crippen LogP contribution in [0.2, 0.25) is 0 Å². The third-order valence-electron chi connectivity index (χ3n) is 4.07. The number of carbonyl (C=O) groups is 1. The number of hydrogen-bond acceptors (Lipinski definition) is 2. The van der Waals surface area contributed by atoms with E-state index in [0.717, 1.165) is 12.2 Å². The molecule has 1 atom stereocenters. The monoisotopic (exact) mass is 261 g/mol. The SMILES string of the molecule is CC(NCC1(C)CCC1)c1ccc(NC(N)=O)cc1. The van der Waals surface area contributed by atoms with Crippen molar-refractivity contribution in [2.24, 2.45) is 11.1 Å². The number of nitrogens with two attached hydrogens (primary N) is 1. The van der Waals surface area contributed by atoms with Crippen LogP contribution in [-0.2, 0) is 0 Å². The van der Waals surface area contributed by atoms with Gasteiger partial charge in [-0.2, -0.15) is 0 Å². The Kier molecular flexibility index (Phi) is 4.10. The largest absolute Gasteiger partial charge is 0.351 e. The highest BCUT2D eigenvalue weighted by atomic mass is 16.2. The molecule has 0 spiro atoms. The summed E-state index contributed by atoms with van der Waals surface area (Å²) in [5.74, 6) is 0. The van der Waals surface area contributed by atoms with Crippen LogP contribution in [0.5, 0.6) is 0 Å². The standard InChI is InChI=1S/C15H23N3O/c1-11(17-10-15(2)8-3-9-15)12-4-6-13(7-5-12)18-14(16)19/h4-7,11,17H,3,8-10H2,1-2H3,(H3,16,18,19). The first-order valence-corrected chi connectivity index (χ1v) is 6.88. The van der Waals surface area contributed by atoms with Crippen molar-refractivity contribution in [3.05, 3.63) is 29.8 Å². The van der Waals surface area contributed by atoms with Gasteiger partial charge in [-0.15, -0.1) is 0 Å². The molecule has 1 unspecified atom stereocenters. The summed E-state index contributed by atoms with van der Waals surface area (Å²) in [6.45, 7) is 5.57. The molecule has 0 heterocycles. The van der Waals surface area contributed by atoms with Gasteiger partial charge < -0.3 is 16.4 Å². The van der Waals surface area contributed by atoms with Crippen molar-refractivity contribution in [2.45, 2.75) is 39.2 Å². The topological polar surface area (TPSA) is 67.2 Å². The molecule has 0 saturated heterocycles. The van der Waals surface area contributed by atoms with Crippen LogP contribution in [0.15, 0.2) is 24.3 Å². The number of rotatable bonds is 5. The Labute approximate surface area is 114 Å². The lowest BCUT2D eigenvalue weighted by Gasteiger charge is -2.39. The first-order valence-electron chi connectivity index (χ1n) is 6.88. The van der Waals surface area contributed by atoms with Gasteiger partial charge in [0, 0.05) is 18.3 Å². The van der Waals surface area contributed by atoms with Crippen LogP contribution in [0, 0.1) is 5.41 Å². The highest BCUT2D eigenvalue weighted by molar-refractivity contribution is 5.87. The van der Waals surface area contributed by atoms with Gasteiger partial charge in [-0.3, -0.25) is 0 Å². The second-order valence-corrected chi connectivity index (χ2v) is 5.88. The number of urea groups is 1. The summed E-state index contributed by atoms with van der Waals surface area (Å²) in [6.07, 6.45) is 4.02. The van der Waals surface area contributed by atoms with E-state index in [1.807, 2.05) is 24.3 Å². The molecule has 0 aromatic heterocycles. The van der Waals surface area contributed by atoms with Gasteiger partial charge in [-0.1, -0.05) is 25.5 Å². The fourth-order valence-electron chi connectivity index (χ4n) is 2.47. The van der Waals surface area contributed by atoms with Crippen molar-refractivity contribution in [3.63, 3.8) is 0 Å². The van der Waals surface area contributed by atoms with Crippen LogP contribution >= 0.6 is 0 Å². The van der Waals surface area contributed by atoms with E-state index in [4.69, 9.17) is 5.73 Å². The summed E-state index contributed by atoms with van der Waals surface area (Å²) in [5.41, 5.74) is 7.52. The summed E-state index contributed by atoms with van der Waals surface area (Å²) < 4.78 is 0. The van der Waals surface area contributed by atoms with Gasteiger partial charge in [0.15, 0.2) is 0 Å². The minimum atomic E-state index is -0.531. The Morgan fingerprint density at radius 1 is 1.37 bits per heavy atom. The number of benzene rings is 1. The first-order chi connectivity index (χ1) is 8.98. The number of hydrogen-bond donors (Lipinski definition) is 3. The Bertz CT molecular complexity index is 437. The quantitative estimate of drug-likeness (QED) is 0.762. The number of amides is 2. The molecule has 2 rings (SSSR count). The molecule has 4 N–H and O–H groups in total. The molecule has 1 fully saturated rings. The van der Waals surface area contributed by atoms with Gasteiger partial charge in [0.25, 0.3) is 0 Å². The molecular weight excluding hydrogens is 238 g/mol. The van der Waals surface area contributed by atoms with E-state index in [1.54, 1.807) is 0 Å². The second-order valence-electron chi connectivity index (χ2n) is 5.88. The molecule has 1 saturated carbocycles. The molecule has 0 bridgehead atoms. The predicted octanol–water partition coefficient (Wildman–Crippen LogP) is 3.02. The van der Waals surface area contributed by atoms with Gasteiger partial charge in [0.05, 0.1) is 0 Å². The molecule has 4 nitrogen and oxygen atoms in total. The van der Waals surface area contributed by atoms with E-state index < -0.39 is 6.03 Å². The minimum absolute atomic E-state index is 0.319. The van der Waals surface area contributed by atoms with Crippen LogP contribution in [-0.4, -0.2) is 12.6 Å². The third-order valence-corrected chi connectivity index (χ3v) is 4.07. The Morgan fingerprint density at radius 3 is 2.47 bits per heavy atom. The van der Waals surface area contributed by atoms with Crippen LogP contribution in [0.25, 0.3) is 0 Å². The zero-order valence-corrected chi connectivity index (χ0v) is 11.7. The van der Waals surface area contributed by atoms with Gasteiger partial charge in [0.1, 0.15) is 0 Å². The van der Waals surface area contributed by atoms with E-state index in [2.05, 4.69) is 24.5 Å². The summed E-state index contributed by atoms with van der Waals surface area (Å²) in [4.78, 5) is 10.7. The van der Waals surface area contributed by atoms with E-state index in [-0.39, 0.29) is 0 Å². The maximum atomic E-state index is 10.7. The highest BCUT2D eigenvalue weighted by Crippen LogP contribution is 2.39. The molecule has 1 aromatic rings. The summed E-state index contributed by atoms with van der Waals surface area (Å²) in [6, 6.07) is 7.59. The molecule has 1 aliphatic carbocycles. The maximum Gasteiger partial charge on any atom is 0.316 e. The Hall–Kier alpha value is -1.55. The predicted molar refractivity (Wildman–Crippen MR) is 78.0 cm³/mol. The average molecular weight is 261 g/mol. The lowest BCUT2D eigenvalue weighted by molar-refractivity contribution is 0.152. The molecule has 104 valence electrons. The van der Waals surface area contributed by atoms with Gasteiger partial charge in [-0.25, -0.2) is 4.79 Å². The summed E-state index contributed by atoms with van der Waals surface area (Å²) in [5, 5.41) is 6.15. The van der Waals surface area contributed by atoms with Crippen LogP contribution in [0.4, 0.5) is 10.5 Å². The molecule has 19 heavy (non-hydrogen) atoms. The Balaban J connectivity index is 1.88. The van der Waals surface area contributed by atoms with Crippen molar-refractivity contribution in [1.82, 2.24) is 5.32 Å². The smallest absolute Gasteiger partial charge is 0.316 e. The highest BCUT2D eigenvalue weighted by Gasteiger charge is 2.31. The van der Waals surface area contributed by atoms with Crippen molar-refractivity contribution in [3.8, 4) is 0 Å². The van der Waals surface area contributed by atoms with Crippen molar-refractivity contribution >= 4 is 11.7 Å². The second kappa shape index (κ2) is 5.61. The summed E-state index contributed by atoms with van der Waals surface area (Å²) >= 11 is 0. The molecular formula is C15H23N3O. The normalized spacial score (nSPS) is 18.4. The van der Waals surface area contributed by atoms with E-state index in [9.17, 15) is 4.79 Å². The molecule has 1 aromatic carbocycles. The van der Waals surface area contributed by atoms with Crippen LogP contribution in [0.1, 0.15) is 44.7 Å². The molecule has 1 aliphatic rings. The van der Waals surface area contributed by atoms with E-state index in [1.165, 1.54) is 24.8 Å². The molecule has 2 amide bonds. The van der Waals surface area contributed by atoms with Crippen LogP contribution < -0.4 is 16.4 Å². The zero-order valence-electron chi connectivity index (χ0n) is 11.7. The van der Waals surface area contributed by atoms with Gasteiger partial charge in [-0.05, 0) is 42.9 Å². The Morgan fingerprint density at radius 2 is 2.00 bits per heavy atom. The average Bonchev–Trinajstić information content (AvgIpc) is 2.34. The minimum Gasteiger partial charge on any atom is -0.351 e. The molecule has 4 heteroatoms. The van der Waals surface area contributed by atoms with Crippen LogP contribution in [0.3, 0.4) is 0 Å². The van der Waals surface area contributed by atoms with E-state index in [0.29, 0.717) is 11.5 Å². The lowest BCUT2D eigenvalue weighted by atomic mass is 9.70. The van der Waals surface area contributed by atoms with E-state index >= 15 is 0 Å². The van der Waals surface area contributed by atoms with Gasteiger partial charge in [0.2, 0.25) is 0 Å². The number of nitrogens with one attached hydrogen (secondary N) is 2. The fourth-order valence-corrected chi connectivity index (χ4v) is 2.47. The van der Waals surface area contributed by atoms with Crippen molar-refractivity contribution in [1.29, 1.82) is 0 Å². The van der Waals surface area contributed by atoms with Crippen molar-refractivity contribution in [2.75, 3.05) is 11.9 Å². The number of primary amides is 1. The number of anilines is 1. The number of carbonyl (C=O) groups excluding carboxylic acids is 1. The fraction of sp³-hybridized carbons (Fsp3) is 0.533.